The van der Waals surface area contributed by atoms with Crippen LogP contribution in [0.25, 0.3) is 0 Å². The fourth-order valence-corrected chi connectivity index (χ4v) is 1.56. The molecule has 1 heterocycles. The number of rotatable bonds is 1. The molecule has 2 N–H and O–H groups in total. The van der Waals surface area contributed by atoms with Crippen molar-refractivity contribution in [2.45, 2.75) is 13.1 Å². The summed E-state index contributed by atoms with van der Waals surface area (Å²) >= 11 is 0. The number of carbonyl (C=O) groups is 2. The molecule has 0 aliphatic carbocycles. The highest BCUT2D eigenvalue weighted by atomic mass is 16.2. The van der Waals surface area contributed by atoms with Crippen LogP contribution < -0.4 is 10.6 Å². The Hall–Kier alpha value is -1.84. The first-order chi connectivity index (χ1) is 6.68. The third-order valence-corrected chi connectivity index (χ3v) is 2.14. The van der Waals surface area contributed by atoms with Crippen molar-refractivity contribution in [2.24, 2.45) is 0 Å². The van der Waals surface area contributed by atoms with Gasteiger partial charge in [0, 0.05) is 18.1 Å². The van der Waals surface area contributed by atoms with E-state index in [9.17, 15) is 9.59 Å². The van der Waals surface area contributed by atoms with Gasteiger partial charge in [-0.05, 0) is 6.07 Å². The van der Waals surface area contributed by atoms with E-state index in [-0.39, 0.29) is 18.0 Å². The van der Waals surface area contributed by atoms with E-state index in [0.29, 0.717) is 5.56 Å². The number of carbonyl (C=O) groups excluding carboxylic acids is 2. The summed E-state index contributed by atoms with van der Waals surface area (Å²) in [5.41, 5.74) is 1.46. The standard InChI is InChI=1S/C10H10N2O2/c1-6(13)11-9-7-4-2-3-5-8(7)10(14)12-9/h2-5,9H,1H3,(H,11,13)(H,12,14). The average molecular weight is 190 g/mol. The van der Waals surface area contributed by atoms with Crippen LogP contribution in [0.2, 0.25) is 0 Å². The van der Waals surface area contributed by atoms with Crippen molar-refractivity contribution in [1.29, 1.82) is 0 Å². The molecular formula is C10H10N2O2. The molecule has 1 atom stereocenters. The Labute approximate surface area is 81.3 Å². The van der Waals surface area contributed by atoms with Crippen LogP contribution in [0.5, 0.6) is 0 Å². The molecule has 0 fully saturated rings. The summed E-state index contributed by atoms with van der Waals surface area (Å²) in [6.45, 7) is 1.42. The van der Waals surface area contributed by atoms with Crippen molar-refractivity contribution < 1.29 is 9.59 Å². The quantitative estimate of drug-likeness (QED) is 0.680. The van der Waals surface area contributed by atoms with Crippen LogP contribution in [0, 0.1) is 0 Å². The summed E-state index contributed by atoms with van der Waals surface area (Å²) in [5.74, 6) is -0.300. The van der Waals surface area contributed by atoms with Crippen LogP contribution in [0.3, 0.4) is 0 Å². The Kier molecular flexibility index (Phi) is 1.96. The minimum Gasteiger partial charge on any atom is -0.332 e. The van der Waals surface area contributed by atoms with Crippen LogP contribution in [-0.4, -0.2) is 11.8 Å². The zero-order chi connectivity index (χ0) is 10.1. The van der Waals surface area contributed by atoms with Gasteiger partial charge in [0.05, 0.1) is 0 Å². The zero-order valence-corrected chi connectivity index (χ0v) is 7.70. The largest absolute Gasteiger partial charge is 0.332 e. The molecule has 4 heteroatoms. The van der Waals surface area contributed by atoms with Crippen molar-refractivity contribution in [1.82, 2.24) is 10.6 Å². The Morgan fingerprint density at radius 2 is 2.14 bits per heavy atom. The first-order valence-electron chi connectivity index (χ1n) is 4.35. The van der Waals surface area contributed by atoms with E-state index >= 15 is 0 Å². The maximum Gasteiger partial charge on any atom is 0.253 e. The Balaban J connectivity index is 2.34. The number of nitrogens with one attached hydrogen (secondary N) is 2. The molecule has 14 heavy (non-hydrogen) atoms. The molecule has 1 aromatic carbocycles. The molecule has 0 bridgehead atoms. The summed E-state index contributed by atoms with van der Waals surface area (Å²) in [5, 5.41) is 5.34. The lowest BCUT2D eigenvalue weighted by Gasteiger charge is -2.11. The maximum atomic E-state index is 11.4. The Morgan fingerprint density at radius 3 is 2.86 bits per heavy atom. The lowest BCUT2D eigenvalue weighted by molar-refractivity contribution is -0.119. The minimum absolute atomic E-state index is 0.139. The summed E-state index contributed by atoms with van der Waals surface area (Å²) < 4.78 is 0. The summed E-state index contributed by atoms with van der Waals surface area (Å²) in [7, 11) is 0. The van der Waals surface area contributed by atoms with E-state index in [1.165, 1.54) is 6.92 Å². The summed E-state index contributed by atoms with van der Waals surface area (Å²) in [4.78, 5) is 22.2. The van der Waals surface area contributed by atoms with Gasteiger partial charge in [0.25, 0.3) is 5.91 Å². The molecular weight excluding hydrogens is 180 g/mol. The minimum atomic E-state index is -0.379. The first kappa shape index (κ1) is 8.74. The summed E-state index contributed by atoms with van der Waals surface area (Å²) in [6, 6.07) is 7.21. The topological polar surface area (TPSA) is 58.2 Å². The summed E-state index contributed by atoms with van der Waals surface area (Å²) in [6.07, 6.45) is -0.379. The van der Waals surface area contributed by atoms with Gasteiger partial charge < -0.3 is 10.6 Å². The SMILES string of the molecule is CC(=O)NC1NC(=O)c2ccccc21. The van der Waals surface area contributed by atoms with E-state index in [2.05, 4.69) is 10.6 Å². The van der Waals surface area contributed by atoms with Gasteiger partial charge in [-0.2, -0.15) is 0 Å². The predicted octanol–water partition coefficient (Wildman–Crippen LogP) is 0.565. The Morgan fingerprint density at radius 1 is 1.43 bits per heavy atom. The van der Waals surface area contributed by atoms with Crippen molar-refractivity contribution >= 4 is 11.8 Å². The highest BCUT2D eigenvalue weighted by Gasteiger charge is 2.27. The lowest BCUT2D eigenvalue weighted by atomic mass is 10.1. The van der Waals surface area contributed by atoms with Gasteiger partial charge in [0.2, 0.25) is 5.91 Å². The first-order valence-corrected chi connectivity index (χ1v) is 4.35. The van der Waals surface area contributed by atoms with E-state index in [0.717, 1.165) is 5.56 Å². The normalized spacial score (nSPS) is 18.6. The molecule has 72 valence electrons. The van der Waals surface area contributed by atoms with Gasteiger partial charge in [0.1, 0.15) is 6.17 Å². The smallest absolute Gasteiger partial charge is 0.253 e. The third kappa shape index (κ3) is 1.35. The molecule has 0 spiro atoms. The third-order valence-electron chi connectivity index (χ3n) is 2.14. The van der Waals surface area contributed by atoms with E-state index in [1.807, 2.05) is 12.1 Å². The maximum absolute atomic E-state index is 11.4. The number of hydrogen-bond acceptors (Lipinski definition) is 2. The molecule has 0 radical (unpaired) electrons. The fraction of sp³-hybridized carbons (Fsp3) is 0.200. The van der Waals surface area contributed by atoms with Crippen LogP contribution in [-0.2, 0) is 4.79 Å². The van der Waals surface area contributed by atoms with Crippen molar-refractivity contribution in [3.8, 4) is 0 Å². The number of benzene rings is 1. The molecule has 0 saturated carbocycles. The van der Waals surface area contributed by atoms with Crippen LogP contribution in [0.4, 0.5) is 0 Å². The fourth-order valence-electron chi connectivity index (χ4n) is 1.56. The van der Waals surface area contributed by atoms with Gasteiger partial charge in [-0.25, -0.2) is 0 Å². The van der Waals surface area contributed by atoms with Crippen molar-refractivity contribution in [3.05, 3.63) is 35.4 Å². The molecule has 4 nitrogen and oxygen atoms in total. The van der Waals surface area contributed by atoms with Gasteiger partial charge >= 0.3 is 0 Å². The molecule has 1 unspecified atom stereocenters. The monoisotopic (exact) mass is 190 g/mol. The van der Waals surface area contributed by atoms with E-state index in [4.69, 9.17) is 0 Å². The van der Waals surface area contributed by atoms with Crippen LogP contribution >= 0.6 is 0 Å². The highest BCUT2D eigenvalue weighted by Crippen LogP contribution is 2.22. The molecule has 0 aromatic heterocycles. The van der Waals surface area contributed by atoms with Crippen molar-refractivity contribution in [3.63, 3.8) is 0 Å². The second-order valence-electron chi connectivity index (χ2n) is 3.19. The number of amides is 2. The second-order valence-corrected chi connectivity index (χ2v) is 3.19. The second kappa shape index (κ2) is 3.14. The lowest BCUT2D eigenvalue weighted by Crippen LogP contribution is -2.34. The zero-order valence-electron chi connectivity index (χ0n) is 7.70. The van der Waals surface area contributed by atoms with E-state index in [1.54, 1.807) is 12.1 Å². The van der Waals surface area contributed by atoms with Gasteiger partial charge in [-0.1, -0.05) is 18.2 Å². The average Bonchev–Trinajstić information content (AvgIpc) is 2.44. The Bertz CT molecular complexity index is 399. The predicted molar refractivity (Wildman–Crippen MR) is 50.5 cm³/mol. The van der Waals surface area contributed by atoms with E-state index < -0.39 is 0 Å². The molecule has 2 amide bonds. The molecule has 1 aromatic rings. The molecule has 2 rings (SSSR count). The van der Waals surface area contributed by atoms with Gasteiger partial charge in [-0.3, -0.25) is 9.59 Å². The molecule has 1 aliphatic rings. The van der Waals surface area contributed by atoms with Crippen LogP contribution in [0.1, 0.15) is 29.0 Å². The van der Waals surface area contributed by atoms with Gasteiger partial charge in [-0.15, -0.1) is 0 Å². The molecule has 0 saturated heterocycles. The number of hydrogen-bond donors (Lipinski definition) is 2. The van der Waals surface area contributed by atoms with Crippen LogP contribution in [0.15, 0.2) is 24.3 Å². The van der Waals surface area contributed by atoms with Crippen molar-refractivity contribution in [2.75, 3.05) is 0 Å². The highest BCUT2D eigenvalue weighted by molar-refractivity contribution is 5.99. The molecule has 1 aliphatic heterocycles. The van der Waals surface area contributed by atoms with Gasteiger partial charge in [0.15, 0.2) is 0 Å². The number of fused-ring (bicyclic) bond motifs is 1.